The largest absolute Gasteiger partial charge is 0.324 e. The quantitative estimate of drug-likeness (QED) is 0.616. The van der Waals surface area contributed by atoms with E-state index in [0.29, 0.717) is 19.5 Å². The Morgan fingerprint density at radius 3 is 2.79 bits per heavy atom. The van der Waals surface area contributed by atoms with Gasteiger partial charge in [-0.1, -0.05) is 6.07 Å². The number of hydrogen-bond donors (Lipinski definition) is 2. The molecule has 1 atom stereocenters. The van der Waals surface area contributed by atoms with Gasteiger partial charge in [-0.25, -0.2) is 13.1 Å². The molecular weight excluding hydrogens is 277 g/mol. The van der Waals surface area contributed by atoms with Gasteiger partial charge in [0.25, 0.3) is 0 Å². The van der Waals surface area contributed by atoms with Crippen LogP contribution in [0.4, 0.5) is 10.1 Å². The van der Waals surface area contributed by atoms with Crippen LogP contribution in [0.25, 0.3) is 0 Å². The first kappa shape index (κ1) is 13.8. The SMILES string of the molecule is O=[N+]([O-])c1c(F)cccc1S(=O)(=O)N[C@H]1CCNC1. The third-order valence-electron chi connectivity index (χ3n) is 2.80. The summed E-state index contributed by atoms with van der Waals surface area (Å²) in [5, 5.41) is 13.7. The zero-order valence-corrected chi connectivity index (χ0v) is 10.6. The maximum Gasteiger partial charge on any atom is 0.324 e. The van der Waals surface area contributed by atoms with Crippen LogP contribution in [0.5, 0.6) is 0 Å². The van der Waals surface area contributed by atoms with Gasteiger partial charge < -0.3 is 5.32 Å². The van der Waals surface area contributed by atoms with Gasteiger partial charge in [0.15, 0.2) is 4.90 Å². The number of nitro benzene ring substituents is 1. The van der Waals surface area contributed by atoms with Crippen LogP contribution in [0, 0.1) is 15.9 Å². The van der Waals surface area contributed by atoms with Gasteiger partial charge in [0.05, 0.1) is 4.92 Å². The van der Waals surface area contributed by atoms with Crippen LogP contribution in [0.2, 0.25) is 0 Å². The Bertz CT molecular complexity index is 599. The number of benzene rings is 1. The molecule has 1 heterocycles. The van der Waals surface area contributed by atoms with Gasteiger partial charge in [-0.3, -0.25) is 10.1 Å². The minimum absolute atomic E-state index is 0.340. The number of nitrogens with one attached hydrogen (secondary N) is 2. The number of para-hydroxylation sites is 1. The van der Waals surface area contributed by atoms with Crippen LogP contribution in [0.3, 0.4) is 0 Å². The molecule has 0 aliphatic carbocycles. The fourth-order valence-corrected chi connectivity index (χ4v) is 3.38. The Morgan fingerprint density at radius 1 is 1.47 bits per heavy atom. The Morgan fingerprint density at radius 2 is 2.21 bits per heavy atom. The van der Waals surface area contributed by atoms with Crippen molar-refractivity contribution in [3.8, 4) is 0 Å². The minimum Gasteiger partial charge on any atom is -0.315 e. The second kappa shape index (κ2) is 5.19. The summed E-state index contributed by atoms with van der Waals surface area (Å²) in [5.74, 6) is -1.17. The highest BCUT2D eigenvalue weighted by atomic mass is 32.2. The van der Waals surface area contributed by atoms with Crippen molar-refractivity contribution in [3.05, 3.63) is 34.1 Å². The van der Waals surface area contributed by atoms with Crippen molar-refractivity contribution >= 4 is 15.7 Å². The fraction of sp³-hybridized carbons (Fsp3) is 0.400. The van der Waals surface area contributed by atoms with Gasteiger partial charge in [-0.15, -0.1) is 0 Å². The maximum absolute atomic E-state index is 13.4. The van der Waals surface area contributed by atoms with E-state index in [9.17, 15) is 22.9 Å². The second-order valence-corrected chi connectivity index (χ2v) is 5.84. The summed E-state index contributed by atoms with van der Waals surface area (Å²) < 4.78 is 39.8. The van der Waals surface area contributed by atoms with E-state index in [1.54, 1.807) is 0 Å². The van der Waals surface area contributed by atoms with Crippen LogP contribution in [0.1, 0.15) is 6.42 Å². The lowest BCUT2D eigenvalue weighted by Crippen LogP contribution is -2.36. The van der Waals surface area contributed by atoms with Crippen LogP contribution in [0.15, 0.2) is 23.1 Å². The third-order valence-corrected chi connectivity index (χ3v) is 4.36. The van der Waals surface area contributed by atoms with E-state index in [2.05, 4.69) is 10.0 Å². The van der Waals surface area contributed by atoms with Crippen LogP contribution >= 0.6 is 0 Å². The molecule has 7 nitrogen and oxygen atoms in total. The van der Waals surface area contributed by atoms with E-state index in [0.717, 1.165) is 18.2 Å². The van der Waals surface area contributed by atoms with Crippen LogP contribution < -0.4 is 10.0 Å². The molecule has 9 heteroatoms. The van der Waals surface area contributed by atoms with Gasteiger partial charge in [-0.05, 0) is 25.1 Å². The molecule has 0 amide bonds. The Balaban J connectivity index is 2.39. The molecule has 104 valence electrons. The lowest BCUT2D eigenvalue weighted by atomic mass is 10.3. The fourth-order valence-electron chi connectivity index (χ4n) is 1.93. The molecule has 0 saturated carbocycles. The van der Waals surface area contributed by atoms with Crippen molar-refractivity contribution in [2.24, 2.45) is 0 Å². The molecule has 0 unspecified atom stereocenters. The summed E-state index contributed by atoms with van der Waals surface area (Å²) in [7, 11) is -4.11. The van der Waals surface area contributed by atoms with Crippen LogP contribution in [-0.4, -0.2) is 32.5 Å². The number of sulfonamides is 1. The van der Waals surface area contributed by atoms with E-state index in [-0.39, 0.29) is 6.04 Å². The molecule has 0 spiro atoms. The van der Waals surface area contributed by atoms with Crippen molar-refractivity contribution in [3.63, 3.8) is 0 Å². The van der Waals surface area contributed by atoms with Gasteiger partial charge in [0, 0.05) is 12.6 Å². The van der Waals surface area contributed by atoms with Crippen molar-refractivity contribution in [1.82, 2.24) is 10.0 Å². The van der Waals surface area contributed by atoms with E-state index in [1.807, 2.05) is 0 Å². The predicted octanol–water partition coefficient (Wildman–Crippen LogP) is 0.374. The molecule has 0 radical (unpaired) electrons. The average molecular weight is 289 g/mol. The molecule has 1 saturated heterocycles. The van der Waals surface area contributed by atoms with Gasteiger partial charge in [0.2, 0.25) is 15.8 Å². The zero-order chi connectivity index (χ0) is 14.0. The molecular formula is C10H12FN3O4S. The molecule has 0 bridgehead atoms. The highest BCUT2D eigenvalue weighted by molar-refractivity contribution is 7.89. The van der Waals surface area contributed by atoms with Gasteiger partial charge in [0.1, 0.15) is 0 Å². The lowest BCUT2D eigenvalue weighted by molar-refractivity contribution is -0.390. The molecule has 0 aromatic heterocycles. The molecule has 1 aromatic rings. The van der Waals surface area contributed by atoms with E-state index < -0.39 is 31.3 Å². The molecule has 1 aliphatic rings. The van der Waals surface area contributed by atoms with Crippen molar-refractivity contribution < 1.29 is 17.7 Å². The second-order valence-electron chi connectivity index (χ2n) is 4.15. The monoisotopic (exact) mass is 289 g/mol. The maximum atomic E-state index is 13.4. The smallest absolute Gasteiger partial charge is 0.315 e. The third kappa shape index (κ3) is 2.88. The molecule has 1 fully saturated rings. The molecule has 19 heavy (non-hydrogen) atoms. The Hall–Kier alpha value is -1.58. The summed E-state index contributed by atoms with van der Waals surface area (Å²) in [6.45, 7) is 1.11. The number of rotatable bonds is 4. The van der Waals surface area contributed by atoms with E-state index in [1.165, 1.54) is 0 Å². The van der Waals surface area contributed by atoms with Gasteiger partial charge >= 0.3 is 5.69 Å². The topological polar surface area (TPSA) is 101 Å². The summed E-state index contributed by atoms with van der Waals surface area (Å²) in [5.41, 5.74) is -1.03. The summed E-state index contributed by atoms with van der Waals surface area (Å²) >= 11 is 0. The molecule has 2 rings (SSSR count). The average Bonchev–Trinajstić information content (AvgIpc) is 2.80. The van der Waals surface area contributed by atoms with Crippen molar-refractivity contribution in [2.75, 3.05) is 13.1 Å². The zero-order valence-electron chi connectivity index (χ0n) is 9.80. The first-order valence-electron chi connectivity index (χ1n) is 5.58. The van der Waals surface area contributed by atoms with Crippen molar-refractivity contribution in [2.45, 2.75) is 17.4 Å². The molecule has 2 N–H and O–H groups in total. The lowest BCUT2D eigenvalue weighted by Gasteiger charge is -2.12. The predicted molar refractivity (Wildman–Crippen MR) is 64.7 cm³/mol. The number of halogens is 1. The first-order valence-corrected chi connectivity index (χ1v) is 7.06. The Kier molecular flexibility index (Phi) is 3.78. The number of nitro groups is 1. The molecule has 1 aromatic carbocycles. The summed E-state index contributed by atoms with van der Waals surface area (Å²) in [6.07, 6.45) is 0.586. The van der Waals surface area contributed by atoms with Crippen LogP contribution in [-0.2, 0) is 10.0 Å². The van der Waals surface area contributed by atoms with Gasteiger partial charge in [-0.2, -0.15) is 4.39 Å². The van der Waals surface area contributed by atoms with E-state index in [4.69, 9.17) is 0 Å². The highest BCUT2D eigenvalue weighted by Gasteiger charge is 2.31. The standard InChI is InChI=1S/C10H12FN3O4S/c11-8-2-1-3-9(10(8)14(15)16)19(17,18)13-7-4-5-12-6-7/h1-3,7,12-13H,4-6H2/t7-/m0/s1. The highest BCUT2D eigenvalue weighted by Crippen LogP contribution is 2.26. The minimum atomic E-state index is -4.11. The first-order chi connectivity index (χ1) is 8.92. The normalized spacial score (nSPS) is 19.5. The van der Waals surface area contributed by atoms with E-state index >= 15 is 0 Å². The number of nitrogens with zero attached hydrogens (tertiary/aromatic N) is 1. The molecule has 1 aliphatic heterocycles. The summed E-state index contributed by atoms with van der Waals surface area (Å²) in [4.78, 5) is 9.11. The number of hydrogen-bond acceptors (Lipinski definition) is 5. The summed E-state index contributed by atoms with van der Waals surface area (Å²) in [6, 6.07) is 2.66. The Labute approximate surface area is 109 Å². The van der Waals surface area contributed by atoms with Crippen molar-refractivity contribution in [1.29, 1.82) is 0 Å².